The number of amides is 1. The number of nitrogens with zero attached hydrogens (tertiary/aromatic N) is 3. The van der Waals surface area contributed by atoms with Crippen LogP contribution in [0.1, 0.15) is 19.8 Å². The number of likely N-dealkylation sites (N-methyl/N-ethyl adjacent to an activating group) is 1. The van der Waals surface area contributed by atoms with Crippen molar-refractivity contribution in [2.24, 2.45) is 0 Å². The Morgan fingerprint density at radius 3 is 2.85 bits per heavy atom. The van der Waals surface area contributed by atoms with Crippen molar-refractivity contribution in [3.05, 3.63) is 6.07 Å². The van der Waals surface area contributed by atoms with E-state index in [1.165, 1.54) is 11.8 Å². The van der Waals surface area contributed by atoms with E-state index in [-0.39, 0.29) is 5.91 Å². The third-order valence-corrected chi connectivity index (χ3v) is 3.49. The molecule has 6 nitrogen and oxygen atoms in total. The first-order valence-corrected chi connectivity index (χ1v) is 8.02. The van der Waals surface area contributed by atoms with Gasteiger partial charge in [0, 0.05) is 25.7 Å². The maximum Gasteiger partial charge on any atom is 0.239 e. The molecular formula is C13H21N5OS. The second-order valence-electron chi connectivity index (χ2n) is 4.83. The van der Waals surface area contributed by atoms with Crippen LogP contribution < -0.4 is 15.5 Å². The van der Waals surface area contributed by atoms with Crippen molar-refractivity contribution in [2.75, 3.05) is 36.6 Å². The Kier molecular flexibility index (Phi) is 5.05. The molecule has 1 aliphatic carbocycles. The van der Waals surface area contributed by atoms with Crippen LogP contribution in [0.5, 0.6) is 0 Å². The minimum atomic E-state index is 0.0457. The van der Waals surface area contributed by atoms with E-state index in [1.54, 1.807) is 0 Å². The van der Waals surface area contributed by atoms with Crippen LogP contribution in [0.2, 0.25) is 0 Å². The number of thioether (sulfide) groups is 1. The number of rotatable bonds is 7. The highest BCUT2D eigenvalue weighted by Crippen LogP contribution is 2.20. The summed E-state index contributed by atoms with van der Waals surface area (Å²) in [5, 5.41) is 6.86. The van der Waals surface area contributed by atoms with Gasteiger partial charge in [-0.3, -0.25) is 4.79 Å². The zero-order valence-electron chi connectivity index (χ0n) is 12.1. The van der Waals surface area contributed by atoms with Gasteiger partial charge in [0.2, 0.25) is 5.91 Å². The summed E-state index contributed by atoms with van der Waals surface area (Å²) in [6.45, 7) is 3.14. The molecule has 1 fully saturated rings. The molecule has 1 heterocycles. The summed E-state index contributed by atoms with van der Waals surface area (Å²) in [4.78, 5) is 22.5. The van der Waals surface area contributed by atoms with E-state index in [2.05, 4.69) is 20.6 Å². The number of carbonyl (C=O) groups excluding carboxylic acids is 1. The molecule has 0 atom stereocenters. The molecule has 0 saturated heterocycles. The van der Waals surface area contributed by atoms with Crippen LogP contribution in [0.3, 0.4) is 0 Å². The van der Waals surface area contributed by atoms with Gasteiger partial charge in [-0.1, -0.05) is 11.8 Å². The molecule has 1 amide bonds. The zero-order chi connectivity index (χ0) is 14.5. The lowest BCUT2D eigenvalue weighted by molar-refractivity contribution is -0.119. The van der Waals surface area contributed by atoms with E-state index in [0.717, 1.165) is 31.0 Å². The molecule has 1 aromatic heterocycles. The second kappa shape index (κ2) is 6.78. The van der Waals surface area contributed by atoms with Crippen molar-refractivity contribution in [1.82, 2.24) is 15.3 Å². The maximum absolute atomic E-state index is 11.8. The predicted molar refractivity (Wildman–Crippen MR) is 82.4 cm³/mol. The molecule has 7 heteroatoms. The fourth-order valence-electron chi connectivity index (χ4n) is 1.77. The van der Waals surface area contributed by atoms with E-state index in [9.17, 15) is 4.79 Å². The van der Waals surface area contributed by atoms with E-state index >= 15 is 0 Å². The van der Waals surface area contributed by atoms with Gasteiger partial charge in [0.05, 0.1) is 6.54 Å². The first-order chi connectivity index (χ1) is 9.62. The summed E-state index contributed by atoms with van der Waals surface area (Å²) in [6, 6.07) is 2.26. The molecule has 0 radical (unpaired) electrons. The van der Waals surface area contributed by atoms with Crippen LogP contribution >= 0.6 is 11.8 Å². The molecular weight excluding hydrogens is 274 g/mol. The fourth-order valence-corrected chi connectivity index (χ4v) is 2.14. The third kappa shape index (κ3) is 4.26. The van der Waals surface area contributed by atoms with Crippen LogP contribution in [0.4, 0.5) is 11.6 Å². The highest BCUT2D eigenvalue weighted by atomic mass is 32.2. The van der Waals surface area contributed by atoms with Gasteiger partial charge in [0.25, 0.3) is 0 Å². The number of aromatic nitrogens is 2. The molecule has 20 heavy (non-hydrogen) atoms. The molecule has 0 aliphatic heterocycles. The molecule has 1 aromatic rings. The number of anilines is 2. The Morgan fingerprint density at radius 2 is 2.25 bits per heavy atom. The second-order valence-corrected chi connectivity index (χ2v) is 5.60. The van der Waals surface area contributed by atoms with Crippen LogP contribution in [-0.4, -0.2) is 48.3 Å². The van der Waals surface area contributed by atoms with Crippen LogP contribution in [0.25, 0.3) is 0 Å². The summed E-state index contributed by atoms with van der Waals surface area (Å²) in [5.41, 5.74) is 0. The summed E-state index contributed by atoms with van der Waals surface area (Å²) < 4.78 is 0. The van der Waals surface area contributed by atoms with E-state index in [0.29, 0.717) is 17.7 Å². The van der Waals surface area contributed by atoms with Crippen LogP contribution in [-0.2, 0) is 4.79 Å². The van der Waals surface area contributed by atoms with E-state index < -0.39 is 0 Å². The number of hydrogen-bond acceptors (Lipinski definition) is 6. The Morgan fingerprint density at radius 1 is 1.50 bits per heavy atom. The first-order valence-electron chi connectivity index (χ1n) is 6.79. The SMILES string of the molecule is CCNc1cc(N(C)CC(=O)NC2CC2)nc(SC)n1. The van der Waals surface area contributed by atoms with Crippen LogP contribution in [0.15, 0.2) is 11.2 Å². The lowest BCUT2D eigenvalue weighted by atomic mass is 10.4. The van der Waals surface area contributed by atoms with Gasteiger partial charge < -0.3 is 15.5 Å². The largest absolute Gasteiger partial charge is 0.370 e. The molecule has 110 valence electrons. The average Bonchev–Trinajstić information content (AvgIpc) is 3.22. The minimum Gasteiger partial charge on any atom is -0.370 e. The van der Waals surface area contributed by atoms with Gasteiger partial charge >= 0.3 is 0 Å². The van der Waals surface area contributed by atoms with Gasteiger partial charge in [0.15, 0.2) is 5.16 Å². The summed E-state index contributed by atoms with van der Waals surface area (Å²) >= 11 is 1.49. The van der Waals surface area contributed by atoms with Crippen molar-refractivity contribution in [1.29, 1.82) is 0 Å². The minimum absolute atomic E-state index is 0.0457. The summed E-state index contributed by atoms with van der Waals surface area (Å²) in [5.74, 6) is 1.59. The van der Waals surface area contributed by atoms with Gasteiger partial charge in [0.1, 0.15) is 11.6 Å². The van der Waals surface area contributed by atoms with Gasteiger partial charge in [-0.05, 0) is 26.0 Å². The Hall–Kier alpha value is -1.50. The van der Waals surface area contributed by atoms with Crippen molar-refractivity contribution >= 4 is 29.3 Å². The number of hydrogen-bond donors (Lipinski definition) is 2. The Labute approximate surface area is 123 Å². The van der Waals surface area contributed by atoms with Gasteiger partial charge in [-0.25, -0.2) is 9.97 Å². The van der Waals surface area contributed by atoms with Crippen molar-refractivity contribution < 1.29 is 4.79 Å². The number of nitrogens with one attached hydrogen (secondary N) is 2. The molecule has 0 aromatic carbocycles. The monoisotopic (exact) mass is 295 g/mol. The van der Waals surface area contributed by atoms with Crippen molar-refractivity contribution in [3.8, 4) is 0 Å². The van der Waals surface area contributed by atoms with E-state index in [4.69, 9.17) is 0 Å². The molecule has 2 rings (SSSR count). The van der Waals surface area contributed by atoms with Crippen LogP contribution in [0, 0.1) is 0 Å². The molecule has 1 saturated carbocycles. The highest BCUT2D eigenvalue weighted by molar-refractivity contribution is 7.98. The predicted octanol–water partition coefficient (Wildman–Crippen LogP) is 1.35. The normalized spacial score (nSPS) is 13.9. The topological polar surface area (TPSA) is 70.2 Å². The third-order valence-electron chi connectivity index (χ3n) is 2.95. The summed E-state index contributed by atoms with van der Waals surface area (Å²) in [7, 11) is 1.87. The molecule has 0 unspecified atom stereocenters. The lowest BCUT2D eigenvalue weighted by Gasteiger charge is -2.19. The van der Waals surface area contributed by atoms with Gasteiger partial charge in [-0.15, -0.1) is 0 Å². The maximum atomic E-state index is 11.8. The Balaban J connectivity index is 2.04. The first kappa shape index (κ1) is 14.9. The molecule has 1 aliphatic rings. The molecule has 2 N–H and O–H groups in total. The standard InChI is InChI=1S/C13H21N5OS/c1-4-14-10-7-11(17-13(16-10)20-3)18(2)8-12(19)15-9-5-6-9/h7,9H,4-6,8H2,1-3H3,(H,15,19)(H,14,16,17). The average molecular weight is 295 g/mol. The fraction of sp³-hybridized carbons (Fsp3) is 0.615. The lowest BCUT2D eigenvalue weighted by Crippen LogP contribution is -2.36. The smallest absolute Gasteiger partial charge is 0.239 e. The highest BCUT2D eigenvalue weighted by Gasteiger charge is 2.23. The summed E-state index contributed by atoms with van der Waals surface area (Å²) in [6.07, 6.45) is 4.14. The Bertz CT molecular complexity index is 478. The molecule has 0 bridgehead atoms. The molecule has 0 spiro atoms. The number of carbonyl (C=O) groups is 1. The zero-order valence-corrected chi connectivity index (χ0v) is 13.0. The van der Waals surface area contributed by atoms with Crippen molar-refractivity contribution in [2.45, 2.75) is 31.0 Å². The quantitative estimate of drug-likeness (QED) is 0.584. The van der Waals surface area contributed by atoms with E-state index in [1.807, 2.05) is 31.2 Å². The van der Waals surface area contributed by atoms with Crippen molar-refractivity contribution in [3.63, 3.8) is 0 Å². The van der Waals surface area contributed by atoms with Gasteiger partial charge in [-0.2, -0.15) is 0 Å².